The molecule has 1 N–H and O–H groups in total. The zero-order valence-corrected chi connectivity index (χ0v) is 9.22. The summed E-state index contributed by atoms with van der Waals surface area (Å²) in [5.74, 6) is -0.140. The van der Waals surface area contributed by atoms with Gasteiger partial charge < -0.3 is 4.74 Å². The fraction of sp³-hybridized carbons (Fsp3) is 0.889. The van der Waals surface area contributed by atoms with Crippen LogP contribution in [0.2, 0.25) is 0 Å². The molecule has 2 rings (SSSR count). The first kappa shape index (κ1) is 10.3. The van der Waals surface area contributed by atoms with Crippen molar-refractivity contribution >= 4 is 18.6 Å². The highest BCUT2D eigenvalue weighted by molar-refractivity contribution is 7.80. The number of nitrogens with one attached hydrogen (secondary N) is 1. The molecule has 14 heavy (non-hydrogen) atoms. The van der Waals surface area contributed by atoms with Gasteiger partial charge in [-0.05, 0) is 19.9 Å². The Morgan fingerprint density at radius 3 is 3.07 bits per heavy atom. The van der Waals surface area contributed by atoms with Crippen molar-refractivity contribution in [3.8, 4) is 0 Å². The number of carbonyl (C=O) groups excluding carboxylic acids is 1. The number of nitrogens with zero attached hydrogens (tertiary/aromatic N) is 1. The van der Waals surface area contributed by atoms with Crippen molar-refractivity contribution in [1.82, 2.24) is 10.2 Å². The van der Waals surface area contributed by atoms with Crippen molar-refractivity contribution in [3.05, 3.63) is 0 Å². The number of hydrogen-bond donors (Lipinski definition) is 2. The van der Waals surface area contributed by atoms with E-state index < -0.39 is 5.72 Å². The topological polar surface area (TPSA) is 41.6 Å². The molecule has 2 fully saturated rings. The van der Waals surface area contributed by atoms with Crippen LogP contribution in [0.15, 0.2) is 0 Å². The Kier molecular flexibility index (Phi) is 2.72. The largest absolute Gasteiger partial charge is 0.442 e. The second kappa shape index (κ2) is 3.72. The molecule has 4 nitrogen and oxygen atoms in total. The van der Waals surface area contributed by atoms with Gasteiger partial charge in [-0.15, -0.1) is 0 Å². The number of ether oxygens (including phenoxy) is 1. The summed E-state index contributed by atoms with van der Waals surface area (Å²) in [4.78, 5) is 13.3. The standard InChI is InChI=1S/C9H16N2O2S/c1-7(14)11-4-2-3-9(6-11)10-5-8(12)13-9/h7,10,14H,2-6H2,1H3. The molecular formula is C9H16N2O2S. The van der Waals surface area contributed by atoms with E-state index in [2.05, 4.69) is 22.8 Å². The molecule has 0 aromatic rings. The van der Waals surface area contributed by atoms with Gasteiger partial charge in [0.05, 0.1) is 18.5 Å². The van der Waals surface area contributed by atoms with Crippen LogP contribution in [0.3, 0.4) is 0 Å². The molecule has 0 saturated carbocycles. The van der Waals surface area contributed by atoms with Gasteiger partial charge >= 0.3 is 5.97 Å². The number of likely N-dealkylation sites (tertiary alicyclic amines) is 1. The zero-order chi connectivity index (χ0) is 10.2. The summed E-state index contributed by atoms with van der Waals surface area (Å²) in [5.41, 5.74) is -0.424. The smallest absolute Gasteiger partial charge is 0.321 e. The van der Waals surface area contributed by atoms with Crippen molar-refractivity contribution in [3.63, 3.8) is 0 Å². The van der Waals surface area contributed by atoms with Crippen LogP contribution in [0.1, 0.15) is 19.8 Å². The Labute approximate surface area is 89.4 Å². The molecular weight excluding hydrogens is 200 g/mol. The maximum Gasteiger partial charge on any atom is 0.321 e. The van der Waals surface area contributed by atoms with E-state index in [1.165, 1.54) is 0 Å². The highest BCUT2D eigenvalue weighted by atomic mass is 32.1. The van der Waals surface area contributed by atoms with E-state index in [1.807, 2.05) is 6.92 Å². The molecule has 2 heterocycles. The summed E-state index contributed by atoms with van der Waals surface area (Å²) in [6.45, 7) is 4.17. The lowest BCUT2D eigenvalue weighted by Crippen LogP contribution is -2.56. The first-order valence-corrected chi connectivity index (χ1v) is 5.52. The van der Waals surface area contributed by atoms with E-state index in [9.17, 15) is 4.79 Å². The van der Waals surface area contributed by atoms with Crippen molar-refractivity contribution in [1.29, 1.82) is 0 Å². The molecule has 0 radical (unpaired) electrons. The molecule has 2 saturated heterocycles. The second-order valence-electron chi connectivity index (χ2n) is 4.03. The minimum Gasteiger partial charge on any atom is -0.442 e. The summed E-state index contributed by atoms with van der Waals surface area (Å²) in [5, 5.41) is 3.38. The number of hydrogen-bond acceptors (Lipinski definition) is 5. The second-order valence-corrected chi connectivity index (χ2v) is 4.78. The van der Waals surface area contributed by atoms with Crippen LogP contribution in [0.5, 0.6) is 0 Å². The molecule has 80 valence electrons. The quantitative estimate of drug-likeness (QED) is 0.485. The SMILES string of the molecule is CC(S)N1CCCC2(C1)NCC(=O)O2. The van der Waals surface area contributed by atoms with Gasteiger partial charge in [-0.2, -0.15) is 12.6 Å². The summed E-state index contributed by atoms with van der Waals surface area (Å²) in [7, 11) is 0. The molecule has 5 heteroatoms. The van der Waals surface area contributed by atoms with Gasteiger partial charge in [-0.25, -0.2) is 0 Å². The van der Waals surface area contributed by atoms with Crippen molar-refractivity contribution in [2.24, 2.45) is 0 Å². The predicted molar refractivity (Wildman–Crippen MR) is 56.1 cm³/mol. The predicted octanol–water partition coefficient (Wildman–Crippen LogP) is 0.201. The Balaban J connectivity index is 2.03. The molecule has 0 aromatic heterocycles. The maximum atomic E-state index is 11.1. The summed E-state index contributed by atoms with van der Waals surface area (Å²) >= 11 is 4.40. The van der Waals surface area contributed by atoms with E-state index in [1.54, 1.807) is 0 Å². The zero-order valence-electron chi connectivity index (χ0n) is 8.32. The van der Waals surface area contributed by atoms with E-state index in [4.69, 9.17) is 4.74 Å². The third-order valence-electron chi connectivity index (χ3n) is 2.88. The Morgan fingerprint density at radius 2 is 2.50 bits per heavy atom. The van der Waals surface area contributed by atoms with Crippen LogP contribution >= 0.6 is 12.6 Å². The molecule has 0 aliphatic carbocycles. The van der Waals surface area contributed by atoms with E-state index in [0.717, 1.165) is 25.9 Å². The first-order valence-electron chi connectivity index (χ1n) is 5.00. The van der Waals surface area contributed by atoms with Crippen LogP contribution in [-0.2, 0) is 9.53 Å². The molecule has 2 unspecified atom stereocenters. The van der Waals surface area contributed by atoms with Gasteiger partial charge in [0, 0.05) is 6.42 Å². The molecule has 2 aliphatic rings. The van der Waals surface area contributed by atoms with E-state index in [0.29, 0.717) is 6.54 Å². The third-order valence-corrected chi connectivity index (χ3v) is 3.20. The van der Waals surface area contributed by atoms with Gasteiger partial charge in [-0.1, -0.05) is 0 Å². The highest BCUT2D eigenvalue weighted by Gasteiger charge is 2.43. The minimum absolute atomic E-state index is 0.140. The van der Waals surface area contributed by atoms with Crippen LogP contribution in [0.4, 0.5) is 0 Å². The average molecular weight is 216 g/mol. The van der Waals surface area contributed by atoms with Crippen LogP contribution in [-0.4, -0.2) is 41.6 Å². The molecule has 0 bridgehead atoms. The highest BCUT2D eigenvalue weighted by Crippen LogP contribution is 2.27. The first-order chi connectivity index (χ1) is 6.61. The van der Waals surface area contributed by atoms with Gasteiger partial charge in [0.2, 0.25) is 0 Å². The van der Waals surface area contributed by atoms with Crippen LogP contribution in [0, 0.1) is 0 Å². The van der Waals surface area contributed by atoms with Gasteiger partial charge in [0.25, 0.3) is 0 Å². The monoisotopic (exact) mass is 216 g/mol. The lowest BCUT2D eigenvalue weighted by Gasteiger charge is -2.40. The summed E-state index contributed by atoms with van der Waals surface area (Å²) in [6, 6.07) is 0. The molecule has 0 amide bonds. The summed E-state index contributed by atoms with van der Waals surface area (Å²) < 4.78 is 5.34. The Hall–Kier alpha value is -0.260. The van der Waals surface area contributed by atoms with Gasteiger partial charge in [0.15, 0.2) is 5.72 Å². The van der Waals surface area contributed by atoms with Crippen molar-refractivity contribution < 1.29 is 9.53 Å². The third kappa shape index (κ3) is 1.89. The van der Waals surface area contributed by atoms with Crippen LogP contribution < -0.4 is 5.32 Å². The molecule has 1 spiro atoms. The average Bonchev–Trinajstić information content (AvgIpc) is 2.47. The maximum absolute atomic E-state index is 11.1. The molecule has 2 atom stereocenters. The van der Waals surface area contributed by atoms with E-state index >= 15 is 0 Å². The van der Waals surface area contributed by atoms with Crippen LogP contribution in [0.25, 0.3) is 0 Å². The molecule has 2 aliphatic heterocycles. The Morgan fingerprint density at radius 1 is 1.71 bits per heavy atom. The Bertz CT molecular complexity index is 247. The number of carbonyl (C=O) groups is 1. The van der Waals surface area contributed by atoms with Crippen molar-refractivity contribution in [2.45, 2.75) is 30.9 Å². The minimum atomic E-state index is -0.424. The van der Waals surface area contributed by atoms with Gasteiger partial charge in [0.1, 0.15) is 0 Å². The molecule has 0 aromatic carbocycles. The number of rotatable bonds is 1. The van der Waals surface area contributed by atoms with Crippen molar-refractivity contribution in [2.75, 3.05) is 19.6 Å². The normalized spacial score (nSPS) is 36.0. The lowest BCUT2D eigenvalue weighted by molar-refractivity contribution is -0.153. The van der Waals surface area contributed by atoms with E-state index in [-0.39, 0.29) is 11.3 Å². The number of esters is 1. The lowest BCUT2D eigenvalue weighted by atomic mass is 10.0. The fourth-order valence-corrected chi connectivity index (χ4v) is 2.32. The van der Waals surface area contributed by atoms with Gasteiger partial charge in [-0.3, -0.25) is 15.0 Å². The summed E-state index contributed by atoms with van der Waals surface area (Å²) in [6.07, 6.45) is 1.96. The fourth-order valence-electron chi connectivity index (χ4n) is 2.12. The number of piperidine rings is 1. The number of thiol groups is 1.